The number of ether oxygens (including phenoxy) is 2. The zero-order valence-electron chi connectivity index (χ0n) is 10.4. The van der Waals surface area contributed by atoms with E-state index in [0.717, 1.165) is 6.07 Å². The zero-order valence-corrected chi connectivity index (χ0v) is 11.9. The summed E-state index contributed by atoms with van der Waals surface area (Å²) in [6.07, 6.45) is -4.14. The fourth-order valence-electron chi connectivity index (χ4n) is 1.55. The Kier molecular flexibility index (Phi) is 4.52. The molecule has 0 saturated heterocycles. The molecule has 0 fully saturated rings. The van der Waals surface area contributed by atoms with Gasteiger partial charge in [0.2, 0.25) is 0 Å². The highest BCUT2D eigenvalue weighted by molar-refractivity contribution is 9.10. The first-order valence-electron chi connectivity index (χ1n) is 5.66. The zero-order chi connectivity index (χ0) is 15.5. The van der Waals surface area contributed by atoms with Crippen molar-refractivity contribution in [2.45, 2.75) is 6.36 Å². The van der Waals surface area contributed by atoms with Crippen LogP contribution in [0, 0.1) is 0 Å². The summed E-state index contributed by atoms with van der Waals surface area (Å²) < 4.78 is 45.8. The minimum atomic E-state index is -4.77. The predicted molar refractivity (Wildman–Crippen MR) is 72.7 cm³/mol. The Balaban J connectivity index is 2.22. The maximum absolute atomic E-state index is 12.2. The summed E-state index contributed by atoms with van der Waals surface area (Å²) in [6, 6.07) is 10.3. The van der Waals surface area contributed by atoms with Gasteiger partial charge in [-0.2, -0.15) is 0 Å². The molecule has 2 aromatic rings. The van der Waals surface area contributed by atoms with Gasteiger partial charge >= 0.3 is 6.36 Å². The fraction of sp³-hybridized carbons (Fsp3) is 0.0714. The number of aldehydes is 1. The minimum absolute atomic E-state index is 0.0842. The highest BCUT2D eigenvalue weighted by Crippen LogP contribution is 2.35. The Morgan fingerprint density at radius 1 is 1.05 bits per heavy atom. The maximum atomic E-state index is 12.2. The quantitative estimate of drug-likeness (QED) is 0.723. The van der Waals surface area contributed by atoms with E-state index in [1.54, 1.807) is 24.3 Å². The lowest BCUT2D eigenvalue weighted by Gasteiger charge is -2.12. The number of halogens is 4. The van der Waals surface area contributed by atoms with Gasteiger partial charge in [0.25, 0.3) is 0 Å². The normalized spacial score (nSPS) is 11.0. The van der Waals surface area contributed by atoms with Gasteiger partial charge in [0.05, 0.1) is 10.0 Å². The molecule has 0 spiro atoms. The molecule has 0 unspecified atom stereocenters. The summed E-state index contributed by atoms with van der Waals surface area (Å²) in [4.78, 5) is 10.9. The molecule has 0 N–H and O–H groups in total. The molecule has 0 amide bonds. The van der Waals surface area contributed by atoms with Gasteiger partial charge in [-0.15, -0.1) is 13.2 Å². The van der Waals surface area contributed by atoms with Crippen molar-refractivity contribution in [1.82, 2.24) is 0 Å². The topological polar surface area (TPSA) is 35.5 Å². The molecule has 21 heavy (non-hydrogen) atoms. The van der Waals surface area contributed by atoms with Gasteiger partial charge in [0.15, 0.2) is 6.29 Å². The minimum Gasteiger partial charge on any atom is -0.457 e. The van der Waals surface area contributed by atoms with E-state index in [1.807, 2.05) is 0 Å². The Labute approximate surface area is 126 Å². The van der Waals surface area contributed by atoms with E-state index in [-0.39, 0.29) is 16.0 Å². The van der Waals surface area contributed by atoms with Crippen molar-refractivity contribution in [3.8, 4) is 17.2 Å². The van der Waals surface area contributed by atoms with E-state index in [9.17, 15) is 18.0 Å². The monoisotopic (exact) mass is 360 g/mol. The molecule has 0 aliphatic rings. The molecular weight excluding hydrogens is 353 g/mol. The molecule has 7 heteroatoms. The van der Waals surface area contributed by atoms with Crippen LogP contribution in [0.1, 0.15) is 10.4 Å². The van der Waals surface area contributed by atoms with Gasteiger partial charge < -0.3 is 9.47 Å². The molecule has 0 saturated carbocycles. The molecular formula is C14H8BrF3O3. The molecule has 0 aromatic heterocycles. The third-order valence-electron chi connectivity index (χ3n) is 2.40. The van der Waals surface area contributed by atoms with E-state index in [0.29, 0.717) is 17.6 Å². The van der Waals surface area contributed by atoms with Crippen molar-refractivity contribution >= 4 is 22.2 Å². The smallest absolute Gasteiger partial charge is 0.457 e. The largest absolute Gasteiger partial charge is 0.573 e. The second kappa shape index (κ2) is 6.17. The van der Waals surface area contributed by atoms with Crippen molar-refractivity contribution in [1.29, 1.82) is 0 Å². The van der Waals surface area contributed by atoms with Crippen LogP contribution in [0.2, 0.25) is 0 Å². The van der Waals surface area contributed by atoms with Crippen LogP contribution in [-0.4, -0.2) is 12.6 Å². The number of alkyl halides is 3. The maximum Gasteiger partial charge on any atom is 0.573 e. The van der Waals surface area contributed by atoms with Crippen LogP contribution in [0.4, 0.5) is 13.2 Å². The lowest BCUT2D eigenvalue weighted by Crippen LogP contribution is -2.17. The molecule has 2 aromatic carbocycles. The molecule has 0 heterocycles. The summed E-state index contributed by atoms with van der Waals surface area (Å²) in [5.41, 5.74) is 0.337. The van der Waals surface area contributed by atoms with Crippen LogP contribution in [-0.2, 0) is 0 Å². The molecule has 0 aliphatic heterocycles. The molecule has 0 bridgehead atoms. The lowest BCUT2D eigenvalue weighted by atomic mass is 10.2. The van der Waals surface area contributed by atoms with Gasteiger partial charge in [-0.1, -0.05) is 12.1 Å². The Hall–Kier alpha value is -2.02. The third kappa shape index (κ3) is 4.22. The summed E-state index contributed by atoms with van der Waals surface area (Å²) in [6.45, 7) is 0. The second-order valence-electron chi connectivity index (χ2n) is 3.90. The molecule has 3 nitrogen and oxygen atoms in total. The van der Waals surface area contributed by atoms with Crippen molar-refractivity contribution in [2.24, 2.45) is 0 Å². The average Bonchev–Trinajstić information content (AvgIpc) is 2.41. The van der Waals surface area contributed by atoms with Crippen molar-refractivity contribution in [3.05, 3.63) is 52.5 Å². The van der Waals surface area contributed by atoms with E-state index < -0.39 is 6.36 Å². The van der Waals surface area contributed by atoms with Crippen LogP contribution < -0.4 is 9.47 Å². The summed E-state index contributed by atoms with van der Waals surface area (Å²) >= 11 is 2.97. The van der Waals surface area contributed by atoms with Gasteiger partial charge in [0.1, 0.15) is 17.2 Å². The van der Waals surface area contributed by atoms with Gasteiger partial charge in [-0.3, -0.25) is 4.79 Å². The molecule has 0 atom stereocenters. The van der Waals surface area contributed by atoms with E-state index in [1.165, 1.54) is 12.1 Å². The summed E-state index contributed by atoms with van der Waals surface area (Å²) in [5.74, 6) is 0.202. The number of hydrogen-bond acceptors (Lipinski definition) is 3. The fourth-order valence-corrected chi connectivity index (χ4v) is 1.99. The first-order chi connectivity index (χ1) is 9.89. The number of carbonyl (C=O) groups excluding carboxylic acids is 1. The van der Waals surface area contributed by atoms with Crippen LogP contribution in [0.5, 0.6) is 17.2 Å². The number of carbonyl (C=O) groups is 1. The number of para-hydroxylation sites is 1. The summed E-state index contributed by atoms with van der Waals surface area (Å²) in [7, 11) is 0. The SMILES string of the molecule is O=Cc1ccccc1Oc1ccc(OC(F)(F)F)c(Br)c1. The van der Waals surface area contributed by atoms with Crippen LogP contribution in [0.3, 0.4) is 0 Å². The number of benzene rings is 2. The van der Waals surface area contributed by atoms with Crippen molar-refractivity contribution < 1.29 is 27.4 Å². The first kappa shape index (κ1) is 15.4. The molecule has 0 radical (unpaired) electrons. The van der Waals surface area contributed by atoms with E-state index >= 15 is 0 Å². The average molecular weight is 361 g/mol. The van der Waals surface area contributed by atoms with E-state index in [2.05, 4.69) is 20.7 Å². The first-order valence-corrected chi connectivity index (χ1v) is 6.46. The second-order valence-corrected chi connectivity index (χ2v) is 4.75. The van der Waals surface area contributed by atoms with Crippen LogP contribution in [0.15, 0.2) is 46.9 Å². The highest BCUT2D eigenvalue weighted by atomic mass is 79.9. The Bertz CT molecular complexity index is 656. The van der Waals surface area contributed by atoms with E-state index in [4.69, 9.17) is 4.74 Å². The Morgan fingerprint density at radius 3 is 2.38 bits per heavy atom. The standard InChI is InChI=1S/C14H8BrF3O3/c15-11-7-10(5-6-13(11)21-14(16,17)18)20-12-4-2-1-3-9(12)8-19/h1-8H. The predicted octanol–water partition coefficient (Wildman–Crippen LogP) is 4.95. The molecule has 110 valence electrons. The number of rotatable bonds is 4. The van der Waals surface area contributed by atoms with Crippen LogP contribution in [0.25, 0.3) is 0 Å². The van der Waals surface area contributed by atoms with Crippen molar-refractivity contribution in [3.63, 3.8) is 0 Å². The molecule has 2 rings (SSSR count). The van der Waals surface area contributed by atoms with Gasteiger partial charge in [-0.05, 0) is 46.3 Å². The Morgan fingerprint density at radius 2 is 1.76 bits per heavy atom. The van der Waals surface area contributed by atoms with Gasteiger partial charge in [0, 0.05) is 0 Å². The lowest BCUT2D eigenvalue weighted by molar-refractivity contribution is -0.274. The van der Waals surface area contributed by atoms with Gasteiger partial charge in [-0.25, -0.2) is 0 Å². The summed E-state index contributed by atoms with van der Waals surface area (Å²) in [5, 5.41) is 0. The molecule has 0 aliphatic carbocycles. The highest BCUT2D eigenvalue weighted by Gasteiger charge is 2.32. The van der Waals surface area contributed by atoms with Crippen LogP contribution >= 0.6 is 15.9 Å². The number of hydrogen-bond donors (Lipinski definition) is 0. The van der Waals surface area contributed by atoms with Crippen molar-refractivity contribution in [2.75, 3.05) is 0 Å². The third-order valence-corrected chi connectivity index (χ3v) is 3.02.